The van der Waals surface area contributed by atoms with Crippen molar-refractivity contribution in [2.24, 2.45) is 5.92 Å². The van der Waals surface area contributed by atoms with Crippen molar-refractivity contribution >= 4 is 50.6 Å². The number of nitrogens with zero attached hydrogens (tertiary/aromatic N) is 1. The fraction of sp³-hybridized carbons (Fsp3) is 0.333. The molecule has 1 atom stereocenters. The number of halogens is 2. The number of hydrogen-bond acceptors (Lipinski definition) is 4. The Morgan fingerprint density at radius 1 is 0.974 bits per heavy atom. The first-order valence-electron chi connectivity index (χ1n) is 12.8. The summed E-state index contributed by atoms with van der Waals surface area (Å²) in [6.07, 6.45) is 1.13. The Hall–Kier alpha value is -2.71. The number of nitrogens with one attached hydrogen (secondary N) is 1. The van der Waals surface area contributed by atoms with Gasteiger partial charge in [-0.25, -0.2) is 12.7 Å². The highest BCUT2D eigenvalue weighted by molar-refractivity contribution is 7.88. The van der Waals surface area contributed by atoms with Crippen LogP contribution < -0.4 is 5.32 Å². The van der Waals surface area contributed by atoms with Gasteiger partial charge in [-0.1, -0.05) is 86.4 Å². The summed E-state index contributed by atoms with van der Waals surface area (Å²) in [6.45, 7) is 6.78. The second-order valence-corrected chi connectivity index (χ2v) is 13.7. The van der Waals surface area contributed by atoms with E-state index in [1.165, 1.54) is 10.4 Å². The van der Waals surface area contributed by atoms with Crippen molar-refractivity contribution in [3.05, 3.63) is 99.0 Å². The largest absolute Gasteiger partial charge is 0.326 e. The van der Waals surface area contributed by atoms with Gasteiger partial charge in [-0.3, -0.25) is 9.59 Å². The van der Waals surface area contributed by atoms with E-state index in [1.54, 1.807) is 36.4 Å². The molecular formula is C30H32Cl2N2O4S. The molecule has 1 aliphatic heterocycles. The summed E-state index contributed by atoms with van der Waals surface area (Å²) in [4.78, 5) is 26.2. The van der Waals surface area contributed by atoms with Crippen molar-refractivity contribution in [1.29, 1.82) is 0 Å². The Morgan fingerprint density at radius 2 is 1.69 bits per heavy atom. The third-order valence-corrected chi connectivity index (χ3v) is 9.29. The standard InChI is InChI=1S/C30H32Cl2N2O4S/c1-30(2,3)24-12-9-20(10-13-24)28(35)21-6-4-8-26(16-21)33-29(36)22-7-5-15-34(18-22)39(37,38)19-23-11-14-25(31)17-27(23)32/h4,6,8-14,16-17,22H,5,7,15,18-19H2,1-3H3,(H,33,36)/t22-/m1/s1. The molecule has 1 aliphatic rings. The number of hydrogen-bond donors (Lipinski definition) is 1. The zero-order chi connectivity index (χ0) is 28.4. The van der Waals surface area contributed by atoms with Crippen LogP contribution in [0.5, 0.6) is 0 Å². The molecule has 1 amide bonds. The molecular weight excluding hydrogens is 555 g/mol. The first-order valence-corrected chi connectivity index (χ1v) is 15.2. The van der Waals surface area contributed by atoms with E-state index in [9.17, 15) is 18.0 Å². The number of benzene rings is 3. The molecule has 3 aromatic carbocycles. The van der Waals surface area contributed by atoms with E-state index in [-0.39, 0.29) is 34.4 Å². The first-order chi connectivity index (χ1) is 18.3. The van der Waals surface area contributed by atoms with Gasteiger partial charge in [0.25, 0.3) is 0 Å². The Kier molecular flexibility index (Phi) is 8.86. The van der Waals surface area contributed by atoms with Crippen LogP contribution in [0.2, 0.25) is 10.0 Å². The van der Waals surface area contributed by atoms with E-state index in [0.717, 1.165) is 5.56 Å². The van der Waals surface area contributed by atoms with Crippen molar-refractivity contribution in [1.82, 2.24) is 4.31 Å². The highest BCUT2D eigenvalue weighted by Crippen LogP contribution is 2.27. The molecule has 39 heavy (non-hydrogen) atoms. The molecule has 3 aromatic rings. The summed E-state index contributed by atoms with van der Waals surface area (Å²) < 4.78 is 27.6. The van der Waals surface area contributed by atoms with Gasteiger partial charge >= 0.3 is 0 Å². The van der Waals surface area contributed by atoms with Crippen LogP contribution in [0.4, 0.5) is 5.69 Å². The molecule has 0 aliphatic carbocycles. The van der Waals surface area contributed by atoms with Crippen LogP contribution in [0.15, 0.2) is 66.7 Å². The third kappa shape index (κ3) is 7.28. The quantitative estimate of drug-likeness (QED) is 0.312. The number of piperidine rings is 1. The van der Waals surface area contributed by atoms with E-state index in [1.807, 2.05) is 24.3 Å². The smallest absolute Gasteiger partial charge is 0.228 e. The molecule has 206 valence electrons. The second kappa shape index (κ2) is 11.8. The van der Waals surface area contributed by atoms with Crippen molar-refractivity contribution in [2.75, 3.05) is 18.4 Å². The monoisotopic (exact) mass is 586 g/mol. The molecule has 1 N–H and O–H groups in total. The van der Waals surface area contributed by atoms with E-state index in [4.69, 9.17) is 23.2 Å². The van der Waals surface area contributed by atoms with E-state index < -0.39 is 15.9 Å². The summed E-state index contributed by atoms with van der Waals surface area (Å²) in [5.74, 6) is -1.20. The van der Waals surface area contributed by atoms with Crippen LogP contribution in [0.1, 0.15) is 60.7 Å². The fourth-order valence-corrected chi connectivity index (χ4v) is 6.80. The predicted molar refractivity (Wildman–Crippen MR) is 157 cm³/mol. The number of ketones is 1. The van der Waals surface area contributed by atoms with Crippen LogP contribution in [0.3, 0.4) is 0 Å². The SMILES string of the molecule is CC(C)(C)c1ccc(C(=O)c2cccc(NC(=O)[C@@H]3CCCN(S(=O)(=O)Cc4ccc(Cl)cc4Cl)C3)c2)cc1. The van der Waals surface area contributed by atoms with E-state index in [2.05, 4.69) is 26.1 Å². The Labute approximate surface area is 240 Å². The van der Waals surface area contributed by atoms with Crippen molar-refractivity contribution < 1.29 is 18.0 Å². The highest BCUT2D eigenvalue weighted by Gasteiger charge is 2.33. The average molecular weight is 588 g/mol. The lowest BCUT2D eigenvalue weighted by molar-refractivity contribution is -0.120. The zero-order valence-corrected chi connectivity index (χ0v) is 24.5. The van der Waals surface area contributed by atoms with Gasteiger partial charge in [0.05, 0.1) is 11.7 Å². The molecule has 0 unspecified atom stereocenters. The summed E-state index contributed by atoms with van der Waals surface area (Å²) in [6, 6.07) is 19.1. The number of carbonyl (C=O) groups excluding carboxylic acids is 2. The maximum Gasteiger partial charge on any atom is 0.228 e. The summed E-state index contributed by atoms with van der Waals surface area (Å²) in [7, 11) is -3.69. The minimum absolute atomic E-state index is 0.0112. The minimum Gasteiger partial charge on any atom is -0.326 e. The van der Waals surface area contributed by atoms with Gasteiger partial charge < -0.3 is 5.32 Å². The maximum atomic E-state index is 13.1. The van der Waals surface area contributed by atoms with E-state index in [0.29, 0.717) is 46.8 Å². The van der Waals surface area contributed by atoms with Crippen molar-refractivity contribution in [3.63, 3.8) is 0 Å². The summed E-state index contributed by atoms with van der Waals surface area (Å²) in [5.41, 5.74) is 3.11. The topological polar surface area (TPSA) is 83.6 Å². The van der Waals surface area contributed by atoms with Gasteiger partial charge in [0.15, 0.2) is 5.78 Å². The van der Waals surface area contributed by atoms with Gasteiger partial charge in [-0.2, -0.15) is 0 Å². The molecule has 4 rings (SSSR count). The van der Waals surface area contributed by atoms with Crippen LogP contribution >= 0.6 is 23.2 Å². The Morgan fingerprint density at radius 3 is 2.36 bits per heavy atom. The molecule has 0 aromatic heterocycles. The number of sulfonamides is 1. The summed E-state index contributed by atoms with van der Waals surface area (Å²) >= 11 is 12.1. The fourth-order valence-electron chi connectivity index (χ4n) is 4.61. The van der Waals surface area contributed by atoms with Gasteiger partial charge in [0.2, 0.25) is 15.9 Å². The second-order valence-electron chi connectivity index (χ2n) is 10.9. The van der Waals surface area contributed by atoms with Gasteiger partial charge in [0, 0.05) is 39.9 Å². The Balaban J connectivity index is 1.42. The molecule has 9 heteroatoms. The van der Waals surface area contributed by atoms with E-state index >= 15 is 0 Å². The minimum atomic E-state index is -3.69. The molecule has 0 radical (unpaired) electrons. The Bertz CT molecular complexity index is 1480. The third-order valence-electron chi connectivity index (χ3n) is 6.91. The first kappa shape index (κ1) is 29.3. The average Bonchev–Trinajstić information content (AvgIpc) is 2.89. The molecule has 0 saturated carbocycles. The molecule has 0 bridgehead atoms. The van der Waals surface area contributed by atoms with Gasteiger partial charge in [0.1, 0.15) is 0 Å². The summed E-state index contributed by atoms with van der Waals surface area (Å²) in [5, 5.41) is 3.60. The molecule has 0 spiro atoms. The molecule has 1 fully saturated rings. The van der Waals surface area contributed by atoms with Crippen LogP contribution in [0, 0.1) is 5.92 Å². The number of amides is 1. The number of carbonyl (C=O) groups is 2. The highest BCUT2D eigenvalue weighted by atomic mass is 35.5. The van der Waals surface area contributed by atoms with Crippen LogP contribution in [-0.2, 0) is 26.0 Å². The molecule has 6 nitrogen and oxygen atoms in total. The maximum absolute atomic E-state index is 13.1. The molecule has 1 saturated heterocycles. The molecule has 1 heterocycles. The van der Waals surface area contributed by atoms with Gasteiger partial charge in [-0.15, -0.1) is 0 Å². The zero-order valence-electron chi connectivity index (χ0n) is 22.2. The van der Waals surface area contributed by atoms with Gasteiger partial charge in [-0.05, 0) is 53.6 Å². The van der Waals surface area contributed by atoms with Crippen LogP contribution in [-0.4, -0.2) is 37.5 Å². The lowest BCUT2D eigenvalue weighted by Gasteiger charge is -2.31. The predicted octanol–water partition coefficient (Wildman–Crippen LogP) is 6.70. The lowest BCUT2D eigenvalue weighted by atomic mass is 9.86. The van der Waals surface area contributed by atoms with Crippen molar-refractivity contribution in [2.45, 2.75) is 44.8 Å². The number of rotatable bonds is 7. The lowest BCUT2D eigenvalue weighted by Crippen LogP contribution is -2.44. The number of anilines is 1. The van der Waals surface area contributed by atoms with Crippen molar-refractivity contribution in [3.8, 4) is 0 Å². The normalized spacial score (nSPS) is 16.6. The van der Waals surface area contributed by atoms with Crippen LogP contribution in [0.25, 0.3) is 0 Å².